The second-order valence-corrected chi connectivity index (χ2v) is 7.63. The summed E-state index contributed by atoms with van der Waals surface area (Å²) in [5, 5.41) is 1.11. The molecule has 1 unspecified atom stereocenters. The summed E-state index contributed by atoms with van der Waals surface area (Å²) in [4.78, 5) is 23.2. The molecule has 1 N–H and O–H groups in total. The maximum absolute atomic E-state index is 13.6. The number of fused-ring (bicyclic) bond motifs is 1. The molecule has 0 spiro atoms. The zero-order chi connectivity index (χ0) is 20.4. The molecule has 2 aromatic carbocycles. The summed E-state index contributed by atoms with van der Waals surface area (Å²) < 4.78 is 0. The molecule has 0 aliphatic heterocycles. The normalized spacial score (nSPS) is 12.1. The van der Waals surface area contributed by atoms with E-state index in [0.29, 0.717) is 6.42 Å². The van der Waals surface area contributed by atoms with Crippen molar-refractivity contribution in [3.05, 3.63) is 95.4 Å². The number of ketones is 1. The largest absolute Gasteiger partial charge is 0.378 e. The molecular weight excluding hydrogens is 358 g/mol. The average molecular weight is 383 g/mol. The van der Waals surface area contributed by atoms with Gasteiger partial charge in [0.25, 0.3) is 0 Å². The van der Waals surface area contributed by atoms with Crippen molar-refractivity contribution in [3.63, 3.8) is 0 Å². The van der Waals surface area contributed by atoms with Gasteiger partial charge in [-0.3, -0.25) is 9.78 Å². The number of H-pyrrole nitrogens is 1. The fourth-order valence-electron chi connectivity index (χ4n) is 3.95. The monoisotopic (exact) mass is 383 g/mol. The predicted molar refractivity (Wildman–Crippen MR) is 119 cm³/mol. The van der Waals surface area contributed by atoms with Gasteiger partial charge in [-0.15, -0.1) is 0 Å². The Hall–Kier alpha value is -3.40. The third-order valence-electron chi connectivity index (χ3n) is 5.42. The third-order valence-corrected chi connectivity index (χ3v) is 5.42. The van der Waals surface area contributed by atoms with Gasteiger partial charge < -0.3 is 9.88 Å². The van der Waals surface area contributed by atoms with Crippen LogP contribution in [-0.4, -0.2) is 29.8 Å². The van der Waals surface area contributed by atoms with E-state index in [0.717, 1.165) is 39.0 Å². The zero-order valence-electron chi connectivity index (χ0n) is 17.0. The predicted octanol–water partition coefficient (Wildman–Crippen LogP) is 4.88. The number of aromatic nitrogens is 2. The molecule has 4 heteroatoms. The van der Waals surface area contributed by atoms with Crippen molar-refractivity contribution in [2.24, 2.45) is 0 Å². The zero-order valence-corrected chi connectivity index (χ0v) is 17.0. The first-order valence-corrected chi connectivity index (χ1v) is 9.80. The number of nitrogens with zero attached hydrogens (tertiary/aromatic N) is 2. The van der Waals surface area contributed by atoms with Crippen molar-refractivity contribution in [2.75, 3.05) is 19.0 Å². The van der Waals surface area contributed by atoms with Crippen LogP contribution in [0.1, 0.15) is 28.3 Å². The molecule has 4 rings (SSSR count). The summed E-state index contributed by atoms with van der Waals surface area (Å²) in [6, 6.07) is 20.3. The van der Waals surface area contributed by atoms with E-state index < -0.39 is 0 Å². The Labute approximate surface area is 171 Å². The number of aromatic amines is 1. The highest BCUT2D eigenvalue weighted by Gasteiger charge is 2.27. The lowest BCUT2D eigenvalue weighted by Gasteiger charge is -2.19. The minimum atomic E-state index is -0.324. The lowest BCUT2D eigenvalue weighted by molar-refractivity contribution is -0.119. The Bertz CT molecular complexity index is 1130. The Morgan fingerprint density at radius 2 is 1.69 bits per heavy atom. The van der Waals surface area contributed by atoms with Crippen LogP contribution in [-0.2, 0) is 11.2 Å². The maximum Gasteiger partial charge on any atom is 0.149 e. The van der Waals surface area contributed by atoms with E-state index in [9.17, 15) is 4.79 Å². The lowest BCUT2D eigenvalue weighted by atomic mass is 9.83. The molecule has 0 saturated heterocycles. The van der Waals surface area contributed by atoms with E-state index in [4.69, 9.17) is 0 Å². The molecule has 0 aliphatic carbocycles. The summed E-state index contributed by atoms with van der Waals surface area (Å²) in [5.41, 5.74) is 6.28. The molecule has 0 fully saturated rings. The Morgan fingerprint density at radius 1 is 1.00 bits per heavy atom. The number of pyridine rings is 1. The van der Waals surface area contributed by atoms with Gasteiger partial charge in [0.2, 0.25) is 0 Å². The van der Waals surface area contributed by atoms with E-state index in [1.807, 2.05) is 38.4 Å². The first-order valence-electron chi connectivity index (χ1n) is 9.80. The maximum atomic E-state index is 13.6. The minimum absolute atomic E-state index is 0.182. The van der Waals surface area contributed by atoms with Gasteiger partial charge in [0.1, 0.15) is 5.78 Å². The number of rotatable bonds is 6. The van der Waals surface area contributed by atoms with Crippen LogP contribution in [0.15, 0.2) is 73.1 Å². The number of nitrogens with one attached hydrogen (secondary N) is 1. The van der Waals surface area contributed by atoms with Crippen LogP contribution in [0.3, 0.4) is 0 Å². The van der Waals surface area contributed by atoms with Crippen molar-refractivity contribution >= 4 is 22.4 Å². The smallest absolute Gasteiger partial charge is 0.149 e. The number of carbonyl (C=O) groups excluding carboxylic acids is 1. The highest BCUT2D eigenvalue weighted by atomic mass is 16.1. The Kier molecular flexibility index (Phi) is 5.17. The number of anilines is 1. The van der Waals surface area contributed by atoms with E-state index in [2.05, 4.69) is 58.2 Å². The number of para-hydroxylation sites is 1. The quantitative estimate of drug-likeness (QED) is 0.516. The number of carbonyl (C=O) groups is 1. The number of aryl methyl sites for hydroxylation is 1. The van der Waals surface area contributed by atoms with Crippen LogP contribution in [0.2, 0.25) is 0 Å². The van der Waals surface area contributed by atoms with Gasteiger partial charge in [-0.1, -0.05) is 30.3 Å². The molecule has 4 aromatic rings. The first-order chi connectivity index (χ1) is 14.0. The molecule has 0 amide bonds. The second kappa shape index (κ2) is 7.92. The van der Waals surface area contributed by atoms with E-state index >= 15 is 0 Å². The van der Waals surface area contributed by atoms with Gasteiger partial charge in [0.05, 0.1) is 5.92 Å². The molecule has 146 valence electrons. The summed E-state index contributed by atoms with van der Waals surface area (Å²) in [6.45, 7) is 2.05. The van der Waals surface area contributed by atoms with Crippen molar-refractivity contribution in [3.8, 4) is 0 Å². The van der Waals surface area contributed by atoms with Crippen molar-refractivity contribution < 1.29 is 4.79 Å². The number of benzene rings is 2. The van der Waals surface area contributed by atoms with Crippen molar-refractivity contribution in [1.29, 1.82) is 0 Å². The molecule has 0 bridgehead atoms. The fourth-order valence-corrected chi connectivity index (χ4v) is 3.95. The summed E-state index contributed by atoms with van der Waals surface area (Å²) in [7, 11) is 4.04. The fraction of sp³-hybridized carbons (Fsp3) is 0.200. The minimum Gasteiger partial charge on any atom is -0.378 e. The highest BCUT2D eigenvalue weighted by molar-refractivity contribution is 5.97. The van der Waals surface area contributed by atoms with E-state index in [1.165, 1.54) is 0 Å². The van der Waals surface area contributed by atoms with E-state index in [1.54, 1.807) is 12.4 Å². The summed E-state index contributed by atoms with van der Waals surface area (Å²) in [6.07, 6.45) is 3.85. The third kappa shape index (κ3) is 3.79. The lowest BCUT2D eigenvalue weighted by Crippen LogP contribution is -2.17. The van der Waals surface area contributed by atoms with Crippen molar-refractivity contribution in [1.82, 2.24) is 9.97 Å². The molecule has 0 radical (unpaired) electrons. The molecule has 0 aliphatic rings. The second-order valence-electron chi connectivity index (χ2n) is 7.63. The Balaban J connectivity index is 1.82. The SMILES string of the molecule is Cc1[nH]c2ccccc2c1C(C(=O)Cc1ccncc1)c1ccc(N(C)C)cc1. The molecular formula is C25H25N3O. The van der Waals surface area contributed by atoms with Gasteiger partial charge in [-0.05, 0) is 53.9 Å². The van der Waals surface area contributed by atoms with Gasteiger partial charge in [0.15, 0.2) is 0 Å². The molecule has 29 heavy (non-hydrogen) atoms. The van der Waals surface area contributed by atoms with Crippen LogP contribution >= 0.6 is 0 Å². The topological polar surface area (TPSA) is 49.0 Å². The Morgan fingerprint density at radius 3 is 2.38 bits per heavy atom. The van der Waals surface area contributed by atoms with Crippen molar-refractivity contribution in [2.45, 2.75) is 19.3 Å². The molecule has 4 nitrogen and oxygen atoms in total. The number of Topliss-reactive ketones (excluding diaryl/α,β-unsaturated/α-hetero) is 1. The molecule has 0 saturated carbocycles. The average Bonchev–Trinajstić information content (AvgIpc) is 3.05. The van der Waals surface area contributed by atoms with Crippen LogP contribution in [0.25, 0.3) is 10.9 Å². The number of hydrogen-bond donors (Lipinski definition) is 1. The molecule has 2 heterocycles. The summed E-state index contributed by atoms with van der Waals surface area (Å²) in [5.74, 6) is -0.141. The van der Waals surface area contributed by atoms with E-state index in [-0.39, 0.29) is 11.7 Å². The van der Waals surface area contributed by atoms with Gasteiger partial charge in [-0.2, -0.15) is 0 Å². The van der Waals surface area contributed by atoms with Crippen LogP contribution in [0.4, 0.5) is 5.69 Å². The number of hydrogen-bond acceptors (Lipinski definition) is 3. The first kappa shape index (κ1) is 18.9. The van der Waals surface area contributed by atoms with Gasteiger partial charge in [-0.25, -0.2) is 0 Å². The van der Waals surface area contributed by atoms with Gasteiger partial charge in [0, 0.05) is 55.2 Å². The van der Waals surface area contributed by atoms with Crippen LogP contribution in [0, 0.1) is 6.92 Å². The molecule has 2 aromatic heterocycles. The van der Waals surface area contributed by atoms with Gasteiger partial charge >= 0.3 is 0 Å². The molecule has 1 atom stereocenters. The highest BCUT2D eigenvalue weighted by Crippen LogP contribution is 2.35. The van der Waals surface area contributed by atoms with Crippen LogP contribution in [0.5, 0.6) is 0 Å². The van der Waals surface area contributed by atoms with Crippen LogP contribution < -0.4 is 4.90 Å². The summed E-state index contributed by atoms with van der Waals surface area (Å²) >= 11 is 0. The standard InChI is InChI=1S/C25H25N3O/c1-17-24(21-6-4-5-7-22(21)27-17)25(19-8-10-20(11-9-19)28(2)3)23(29)16-18-12-14-26-15-13-18/h4-15,25,27H,16H2,1-3H3.